The van der Waals surface area contributed by atoms with Crippen LogP contribution in [0.2, 0.25) is 0 Å². The fourth-order valence-corrected chi connectivity index (χ4v) is 7.01. The summed E-state index contributed by atoms with van der Waals surface area (Å²) in [5.74, 6) is 5.03. The summed E-state index contributed by atoms with van der Waals surface area (Å²) < 4.78 is 21.8. The van der Waals surface area contributed by atoms with Crippen molar-refractivity contribution in [3.63, 3.8) is 0 Å². The Balaban J connectivity index is 1.18. The Morgan fingerprint density at radius 2 is 0.902 bits per heavy atom. The molecule has 3 aliphatic rings. The van der Waals surface area contributed by atoms with Gasteiger partial charge in [-0.1, -0.05) is 60.7 Å². The Kier molecular flexibility index (Phi) is 3.98. The van der Waals surface area contributed by atoms with Crippen molar-refractivity contribution in [2.75, 3.05) is 0 Å². The fraction of sp³-hybridized carbons (Fsp3) is 0. The van der Waals surface area contributed by atoms with Crippen LogP contribution in [0.15, 0.2) is 121 Å². The third-order valence-electron chi connectivity index (χ3n) is 8.70. The van der Waals surface area contributed by atoms with E-state index in [1.807, 2.05) is 36.4 Å². The molecule has 3 aliphatic heterocycles. The van der Waals surface area contributed by atoms with Crippen molar-refractivity contribution in [2.45, 2.75) is 0 Å². The van der Waals surface area contributed by atoms with E-state index in [2.05, 4.69) is 89.5 Å². The highest BCUT2D eigenvalue weighted by Crippen LogP contribution is 2.43. The van der Waals surface area contributed by atoms with Gasteiger partial charge < -0.3 is 18.8 Å². The molecule has 0 unspecified atom stereocenters. The first kappa shape index (κ1) is 21.4. The summed E-state index contributed by atoms with van der Waals surface area (Å²) in [5, 5.41) is 2.50. The Bertz CT molecular complexity index is 2140. The number of rotatable bonds is 2. The maximum atomic E-state index is 6.56. The molecule has 5 heteroatoms. The second-order valence-corrected chi connectivity index (χ2v) is 10.9. The normalized spacial score (nSPS) is 13.4. The zero-order valence-electron chi connectivity index (χ0n) is 21.8. The lowest BCUT2D eigenvalue weighted by molar-refractivity contribution is 0.443. The van der Waals surface area contributed by atoms with E-state index >= 15 is 0 Å². The average Bonchev–Trinajstić information content (AvgIpc) is 3.35. The Morgan fingerprint density at radius 3 is 1.49 bits per heavy atom. The second kappa shape index (κ2) is 7.61. The van der Waals surface area contributed by atoms with Gasteiger partial charge in [-0.05, 0) is 71.8 Å². The number of aromatic nitrogens is 1. The molecule has 10 rings (SSSR count). The lowest BCUT2D eigenvalue weighted by atomic mass is 9.34. The van der Waals surface area contributed by atoms with Crippen LogP contribution in [0.25, 0.3) is 38.6 Å². The van der Waals surface area contributed by atoms with Gasteiger partial charge in [0.25, 0.3) is 6.71 Å². The molecule has 0 saturated carbocycles. The van der Waals surface area contributed by atoms with E-state index in [-0.39, 0.29) is 6.71 Å². The summed E-state index contributed by atoms with van der Waals surface area (Å²) in [6.45, 7) is 0.0200. The Labute approximate surface area is 236 Å². The van der Waals surface area contributed by atoms with E-state index in [9.17, 15) is 0 Å². The maximum Gasteiger partial charge on any atom is 0.270 e. The van der Waals surface area contributed by atoms with Crippen LogP contribution in [0.4, 0.5) is 0 Å². The summed E-state index contributed by atoms with van der Waals surface area (Å²) in [4.78, 5) is 0. The van der Waals surface area contributed by atoms with Crippen LogP contribution in [0.5, 0.6) is 34.5 Å². The van der Waals surface area contributed by atoms with E-state index in [1.54, 1.807) is 0 Å². The molecule has 0 radical (unpaired) electrons. The van der Waals surface area contributed by atoms with Crippen molar-refractivity contribution in [2.24, 2.45) is 0 Å². The van der Waals surface area contributed by atoms with Gasteiger partial charge in [-0.15, -0.1) is 0 Å². The van der Waals surface area contributed by atoms with Gasteiger partial charge in [0.05, 0.1) is 11.0 Å². The molecule has 41 heavy (non-hydrogen) atoms. The molecule has 7 aromatic rings. The van der Waals surface area contributed by atoms with Gasteiger partial charge in [0.1, 0.15) is 34.5 Å². The van der Waals surface area contributed by atoms with Gasteiger partial charge in [0.15, 0.2) is 0 Å². The molecule has 0 aliphatic carbocycles. The smallest absolute Gasteiger partial charge is 0.270 e. The van der Waals surface area contributed by atoms with Crippen molar-refractivity contribution in [3.8, 4) is 51.3 Å². The molecular weight excluding hydrogens is 505 g/mol. The predicted octanol–water partition coefficient (Wildman–Crippen LogP) is 7.28. The maximum absolute atomic E-state index is 6.56. The monoisotopic (exact) mass is 525 g/mol. The van der Waals surface area contributed by atoms with Gasteiger partial charge in [-0.25, -0.2) is 0 Å². The lowest BCUT2D eigenvalue weighted by Gasteiger charge is -2.37. The van der Waals surface area contributed by atoms with E-state index in [0.717, 1.165) is 67.7 Å². The van der Waals surface area contributed by atoms with E-state index in [0.29, 0.717) is 0 Å². The molecule has 0 bridgehead atoms. The van der Waals surface area contributed by atoms with Gasteiger partial charge >= 0.3 is 0 Å². The van der Waals surface area contributed by atoms with Crippen LogP contribution in [0.1, 0.15) is 0 Å². The van der Waals surface area contributed by atoms with Crippen LogP contribution in [0.3, 0.4) is 0 Å². The summed E-state index contributed by atoms with van der Waals surface area (Å²) in [7, 11) is 0. The van der Waals surface area contributed by atoms with Crippen molar-refractivity contribution in [1.29, 1.82) is 0 Å². The SMILES string of the molecule is c1cc(-c2cc3c4c(c2)Oc2cccc5c2B4c2c(cccc2O3)O5)cc(-n2c3ccccc3c3ccccc32)c1. The summed E-state index contributed by atoms with van der Waals surface area (Å²) in [5.41, 5.74) is 8.86. The quantitative estimate of drug-likeness (QED) is 0.222. The van der Waals surface area contributed by atoms with Gasteiger partial charge in [-0.2, -0.15) is 0 Å². The molecule has 4 nitrogen and oxygen atoms in total. The number of nitrogens with zero attached hydrogens (tertiary/aromatic N) is 1. The number of hydrogen-bond acceptors (Lipinski definition) is 3. The summed E-state index contributed by atoms with van der Waals surface area (Å²) >= 11 is 0. The second-order valence-electron chi connectivity index (χ2n) is 10.9. The standard InChI is InChI=1S/C36H20BNO3/c1-3-12-26-24(10-1)25-11-2-4-13-27(25)38(26)23-9-5-8-21(18-23)22-19-32-36-33(20-22)41-31-17-7-15-29-35(31)37(36)34-28(39-29)14-6-16-30(34)40-32/h1-20H. The molecular formula is C36H20BNO3. The number of fused-ring (bicyclic) bond motifs is 3. The van der Waals surface area contributed by atoms with Crippen LogP contribution in [-0.4, -0.2) is 11.3 Å². The average molecular weight is 525 g/mol. The highest BCUT2D eigenvalue weighted by molar-refractivity contribution is 6.99. The lowest BCUT2D eigenvalue weighted by Crippen LogP contribution is -2.59. The first-order chi connectivity index (χ1) is 20.3. The fourth-order valence-electron chi connectivity index (χ4n) is 7.01. The zero-order valence-corrected chi connectivity index (χ0v) is 21.8. The molecule has 6 aromatic carbocycles. The zero-order chi connectivity index (χ0) is 26.7. The molecule has 0 N–H and O–H groups in total. The molecule has 190 valence electrons. The van der Waals surface area contributed by atoms with Crippen LogP contribution >= 0.6 is 0 Å². The first-order valence-corrected chi connectivity index (χ1v) is 13.9. The summed E-state index contributed by atoms with van der Waals surface area (Å²) in [6, 6.07) is 42.3. The van der Waals surface area contributed by atoms with Crippen molar-refractivity contribution in [3.05, 3.63) is 121 Å². The van der Waals surface area contributed by atoms with Gasteiger partial charge in [0.2, 0.25) is 0 Å². The van der Waals surface area contributed by atoms with E-state index in [4.69, 9.17) is 14.2 Å². The Morgan fingerprint density at radius 1 is 0.415 bits per heavy atom. The van der Waals surface area contributed by atoms with Crippen molar-refractivity contribution < 1.29 is 14.2 Å². The first-order valence-electron chi connectivity index (χ1n) is 13.9. The minimum atomic E-state index is 0.0200. The molecule has 1 aromatic heterocycles. The van der Waals surface area contributed by atoms with Gasteiger partial charge in [-0.3, -0.25) is 0 Å². The predicted molar refractivity (Wildman–Crippen MR) is 164 cm³/mol. The van der Waals surface area contributed by atoms with Gasteiger partial charge in [0, 0.05) is 32.8 Å². The topological polar surface area (TPSA) is 32.6 Å². The Hall–Kier alpha value is -5.42. The van der Waals surface area contributed by atoms with Crippen LogP contribution < -0.4 is 30.6 Å². The number of benzene rings is 6. The van der Waals surface area contributed by atoms with E-state index < -0.39 is 0 Å². The number of para-hydroxylation sites is 2. The molecule has 0 atom stereocenters. The minimum Gasteiger partial charge on any atom is -0.458 e. The minimum absolute atomic E-state index is 0.0200. The van der Waals surface area contributed by atoms with Crippen molar-refractivity contribution in [1.82, 2.24) is 4.57 Å². The molecule has 0 saturated heterocycles. The number of ether oxygens (including phenoxy) is 3. The third kappa shape index (κ3) is 2.80. The third-order valence-corrected chi connectivity index (χ3v) is 8.70. The van der Waals surface area contributed by atoms with Crippen LogP contribution in [-0.2, 0) is 0 Å². The summed E-state index contributed by atoms with van der Waals surface area (Å²) in [6.07, 6.45) is 0. The number of hydrogen-bond donors (Lipinski definition) is 0. The molecule has 0 fully saturated rings. The largest absolute Gasteiger partial charge is 0.458 e. The van der Waals surface area contributed by atoms with E-state index in [1.165, 1.54) is 21.8 Å². The molecule has 4 heterocycles. The molecule has 0 amide bonds. The highest BCUT2D eigenvalue weighted by Gasteiger charge is 2.46. The molecule has 0 spiro atoms. The van der Waals surface area contributed by atoms with Crippen LogP contribution in [0, 0.1) is 0 Å². The van der Waals surface area contributed by atoms with Crippen molar-refractivity contribution >= 4 is 44.9 Å². The highest BCUT2D eigenvalue weighted by atomic mass is 16.5.